The minimum Gasteiger partial charge on any atom is -0.351 e. The summed E-state index contributed by atoms with van der Waals surface area (Å²) in [6.07, 6.45) is 1.98. The lowest BCUT2D eigenvalue weighted by atomic mass is 9.94. The molecule has 0 spiro atoms. The third kappa shape index (κ3) is 4.49. The molecule has 0 fully saturated rings. The fourth-order valence-corrected chi connectivity index (χ4v) is 4.81. The first kappa shape index (κ1) is 23.0. The average Bonchev–Trinajstić information content (AvgIpc) is 3.39. The SMILES string of the molecule is CCc1ccc(-c2noc(C3=C(C)N(c4ccc(CC)cc4)C(=S)NC3c3ccccc3)n2)cc1. The van der Waals surface area contributed by atoms with Crippen LogP contribution in [0, 0.1) is 0 Å². The van der Waals surface area contributed by atoms with E-state index in [0.717, 1.165) is 40.9 Å². The van der Waals surface area contributed by atoms with Crippen molar-refractivity contribution in [3.8, 4) is 11.4 Å². The summed E-state index contributed by atoms with van der Waals surface area (Å²) in [5, 5.41) is 8.48. The highest BCUT2D eigenvalue weighted by Crippen LogP contribution is 2.39. The van der Waals surface area contributed by atoms with Gasteiger partial charge in [0.1, 0.15) is 0 Å². The van der Waals surface area contributed by atoms with E-state index in [1.165, 1.54) is 11.1 Å². The molecule has 176 valence electrons. The first-order valence-electron chi connectivity index (χ1n) is 12.0. The molecule has 4 aromatic rings. The van der Waals surface area contributed by atoms with Crippen LogP contribution in [0.2, 0.25) is 0 Å². The smallest absolute Gasteiger partial charge is 0.258 e. The second-order valence-corrected chi connectivity index (χ2v) is 9.01. The normalized spacial score (nSPS) is 15.9. The number of aryl methyl sites for hydroxylation is 2. The van der Waals surface area contributed by atoms with Crippen LogP contribution >= 0.6 is 12.2 Å². The number of aromatic nitrogens is 2. The molecule has 5 rings (SSSR count). The van der Waals surface area contributed by atoms with E-state index < -0.39 is 0 Å². The van der Waals surface area contributed by atoms with Crippen LogP contribution in [0.3, 0.4) is 0 Å². The molecule has 0 bridgehead atoms. The van der Waals surface area contributed by atoms with Crippen LogP contribution in [0.1, 0.15) is 49.4 Å². The molecule has 2 heterocycles. The molecule has 1 aliphatic heterocycles. The van der Waals surface area contributed by atoms with E-state index in [1.807, 2.05) is 35.2 Å². The lowest BCUT2D eigenvalue weighted by Gasteiger charge is -2.37. The molecule has 6 heteroatoms. The van der Waals surface area contributed by atoms with E-state index >= 15 is 0 Å². The Balaban J connectivity index is 1.61. The van der Waals surface area contributed by atoms with E-state index in [9.17, 15) is 0 Å². The van der Waals surface area contributed by atoms with Crippen molar-refractivity contribution in [1.29, 1.82) is 0 Å². The van der Waals surface area contributed by atoms with Crippen molar-refractivity contribution in [3.63, 3.8) is 0 Å². The van der Waals surface area contributed by atoms with Crippen molar-refractivity contribution in [2.24, 2.45) is 0 Å². The Hall–Kier alpha value is -3.77. The van der Waals surface area contributed by atoms with Gasteiger partial charge in [-0.25, -0.2) is 0 Å². The molecule has 0 saturated carbocycles. The topological polar surface area (TPSA) is 54.2 Å². The van der Waals surface area contributed by atoms with Crippen LogP contribution in [-0.2, 0) is 12.8 Å². The highest BCUT2D eigenvalue weighted by atomic mass is 32.1. The molecule has 1 N–H and O–H groups in total. The second-order valence-electron chi connectivity index (χ2n) is 8.62. The van der Waals surface area contributed by atoms with Gasteiger partial charge in [0.05, 0.1) is 11.6 Å². The number of rotatable bonds is 6. The van der Waals surface area contributed by atoms with Crippen molar-refractivity contribution in [2.45, 2.75) is 39.7 Å². The molecule has 0 aliphatic carbocycles. The summed E-state index contributed by atoms with van der Waals surface area (Å²) in [7, 11) is 0. The van der Waals surface area contributed by atoms with Gasteiger partial charge < -0.3 is 9.84 Å². The zero-order chi connectivity index (χ0) is 24.4. The molecule has 35 heavy (non-hydrogen) atoms. The first-order chi connectivity index (χ1) is 17.1. The van der Waals surface area contributed by atoms with Crippen molar-refractivity contribution >= 4 is 28.6 Å². The zero-order valence-corrected chi connectivity index (χ0v) is 21.0. The first-order valence-corrected chi connectivity index (χ1v) is 12.4. The molecule has 0 amide bonds. The number of allylic oxidation sites excluding steroid dienone is 1. The van der Waals surface area contributed by atoms with Crippen molar-refractivity contribution in [2.75, 3.05) is 4.90 Å². The number of hydrogen-bond acceptors (Lipinski definition) is 4. The molecule has 0 radical (unpaired) electrons. The summed E-state index contributed by atoms with van der Waals surface area (Å²) < 4.78 is 5.86. The average molecular weight is 481 g/mol. The van der Waals surface area contributed by atoms with Gasteiger partial charge in [0.15, 0.2) is 5.11 Å². The van der Waals surface area contributed by atoms with E-state index in [4.69, 9.17) is 21.7 Å². The lowest BCUT2D eigenvalue weighted by Crippen LogP contribution is -2.46. The quantitative estimate of drug-likeness (QED) is 0.309. The second kappa shape index (κ2) is 9.84. The van der Waals surface area contributed by atoms with E-state index in [0.29, 0.717) is 16.8 Å². The van der Waals surface area contributed by atoms with Gasteiger partial charge in [-0.2, -0.15) is 4.98 Å². The van der Waals surface area contributed by atoms with Crippen LogP contribution < -0.4 is 10.2 Å². The summed E-state index contributed by atoms with van der Waals surface area (Å²) in [6, 6.07) is 26.8. The standard InChI is InChI=1S/C29H28N4OS/c1-4-20-11-15-23(16-12-20)27-31-28(34-32-27)25-19(3)33(24-17-13-21(5-2)14-18-24)29(35)30-26(25)22-9-7-6-8-10-22/h6-18,26H,4-5H2,1-3H3,(H,30,35). The Morgan fingerprint density at radius 3 is 2.14 bits per heavy atom. The van der Waals surface area contributed by atoms with Gasteiger partial charge in [-0.15, -0.1) is 0 Å². The lowest BCUT2D eigenvalue weighted by molar-refractivity contribution is 0.404. The van der Waals surface area contributed by atoms with Crippen LogP contribution in [-0.4, -0.2) is 15.3 Å². The zero-order valence-electron chi connectivity index (χ0n) is 20.2. The van der Waals surface area contributed by atoms with Crippen molar-refractivity contribution < 1.29 is 4.52 Å². The number of thiocarbonyl (C=S) groups is 1. The summed E-state index contributed by atoms with van der Waals surface area (Å²) in [5.74, 6) is 1.05. The molecule has 1 aromatic heterocycles. The van der Waals surface area contributed by atoms with Crippen molar-refractivity contribution in [3.05, 3.63) is 107 Å². The molecule has 3 aromatic carbocycles. The number of anilines is 1. The van der Waals surface area contributed by atoms with Gasteiger partial charge in [-0.1, -0.05) is 85.7 Å². The van der Waals surface area contributed by atoms with Gasteiger partial charge in [0.2, 0.25) is 5.82 Å². The van der Waals surface area contributed by atoms with Crippen LogP contribution in [0.5, 0.6) is 0 Å². The number of nitrogens with one attached hydrogen (secondary N) is 1. The highest BCUT2D eigenvalue weighted by molar-refractivity contribution is 7.80. The minimum atomic E-state index is -0.203. The Bertz CT molecular complexity index is 1360. The van der Waals surface area contributed by atoms with Gasteiger partial charge in [-0.05, 0) is 60.8 Å². The van der Waals surface area contributed by atoms with E-state index in [1.54, 1.807) is 0 Å². The maximum absolute atomic E-state index is 5.86. The fourth-order valence-electron chi connectivity index (χ4n) is 4.45. The molecular formula is C29H28N4OS. The Morgan fingerprint density at radius 1 is 0.886 bits per heavy atom. The van der Waals surface area contributed by atoms with Gasteiger partial charge in [0.25, 0.3) is 5.89 Å². The molecule has 1 aliphatic rings. The van der Waals surface area contributed by atoms with Gasteiger partial charge in [-0.3, -0.25) is 4.90 Å². The monoisotopic (exact) mass is 480 g/mol. The Morgan fingerprint density at radius 2 is 1.51 bits per heavy atom. The third-order valence-electron chi connectivity index (χ3n) is 6.50. The van der Waals surface area contributed by atoms with Crippen LogP contribution in [0.15, 0.2) is 89.1 Å². The number of nitrogens with zero attached hydrogens (tertiary/aromatic N) is 3. The number of hydrogen-bond donors (Lipinski definition) is 1. The Kier molecular flexibility index (Phi) is 6.47. The molecule has 0 saturated heterocycles. The summed E-state index contributed by atoms with van der Waals surface area (Å²) in [4.78, 5) is 6.87. The summed E-state index contributed by atoms with van der Waals surface area (Å²) in [5.41, 5.74) is 7.43. The van der Waals surface area contributed by atoms with Gasteiger partial charge in [0, 0.05) is 16.9 Å². The fraction of sp³-hybridized carbons (Fsp3) is 0.207. The van der Waals surface area contributed by atoms with E-state index in [2.05, 4.69) is 79.8 Å². The van der Waals surface area contributed by atoms with Crippen LogP contribution in [0.25, 0.3) is 17.0 Å². The maximum Gasteiger partial charge on any atom is 0.258 e. The van der Waals surface area contributed by atoms with Gasteiger partial charge >= 0.3 is 0 Å². The van der Waals surface area contributed by atoms with E-state index in [-0.39, 0.29) is 6.04 Å². The molecule has 1 unspecified atom stereocenters. The third-order valence-corrected chi connectivity index (χ3v) is 6.80. The summed E-state index contributed by atoms with van der Waals surface area (Å²) >= 11 is 5.85. The predicted octanol–water partition coefficient (Wildman–Crippen LogP) is 6.73. The Labute approximate surface area is 211 Å². The predicted molar refractivity (Wildman–Crippen MR) is 145 cm³/mol. The highest BCUT2D eigenvalue weighted by Gasteiger charge is 2.34. The molecular weight excluding hydrogens is 452 g/mol. The largest absolute Gasteiger partial charge is 0.351 e. The molecule has 5 nitrogen and oxygen atoms in total. The maximum atomic E-state index is 5.86. The van der Waals surface area contributed by atoms with Crippen LogP contribution in [0.4, 0.5) is 5.69 Å². The molecule has 1 atom stereocenters. The minimum absolute atomic E-state index is 0.203. The number of benzene rings is 3. The van der Waals surface area contributed by atoms with Crippen molar-refractivity contribution in [1.82, 2.24) is 15.5 Å². The summed E-state index contributed by atoms with van der Waals surface area (Å²) in [6.45, 7) is 6.35.